The standard InChI is InChI=1S/C17H18N2O2/c1-19-15-7-5-4-6-14(15)18-17(19)12-8-9-16(21-3)13(10-12)11-20-2/h4-10H,11H2,1-3H3. The third-order valence-electron chi connectivity index (χ3n) is 3.63. The lowest BCUT2D eigenvalue weighted by atomic mass is 10.1. The van der Waals surface area contributed by atoms with Gasteiger partial charge in [0.1, 0.15) is 11.6 Å². The lowest BCUT2D eigenvalue weighted by Crippen LogP contribution is -1.97. The van der Waals surface area contributed by atoms with Crippen LogP contribution in [0.4, 0.5) is 0 Å². The minimum absolute atomic E-state index is 0.515. The smallest absolute Gasteiger partial charge is 0.140 e. The fourth-order valence-electron chi connectivity index (χ4n) is 2.59. The van der Waals surface area contributed by atoms with Crippen LogP contribution in [0.3, 0.4) is 0 Å². The van der Waals surface area contributed by atoms with Crippen LogP contribution in [0.1, 0.15) is 5.56 Å². The van der Waals surface area contributed by atoms with Gasteiger partial charge in [-0.1, -0.05) is 12.1 Å². The summed E-state index contributed by atoms with van der Waals surface area (Å²) in [4.78, 5) is 4.72. The fourth-order valence-corrected chi connectivity index (χ4v) is 2.59. The van der Waals surface area contributed by atoms with E-state index >= 15 is 0 Å². The summed E-state index contributed by atoms with van der Waals surface area (Å²) in [5.41, 5.74) is 4.20. The SMILES string of the molecule is COCc1cc(-c2nc3ccccc3n2C)ccc1OC. The number of para-hydroxylation sites is 2. The molecule has 0 saturated carbocycles. The number of hydrogen-bond acceptors (Lipinski definition) is 3. The number of methoxy groups -OCH3 is 2. The van der Waals surface area contributed by atoms with Gasteiger partial charge in [0, 0.05) is 25.3 Å². The molecule has 21 heavy (non-hydrogen) atoms. The normalized spacial score (nSPS) is 11.0. The molecule has 3 rings (SSSR count). The van der Waals surface area contributed by atoms with Gasteiger partial charge in [0.05, 0.1) is 24.8 Å². The largest absolute Gasteiger partial charge is 0.496 e. The molecule has 0 aliphatic carbocycles. The van der Waals surface area contributed by atoms with Gasteiger partial charge < -0.3 is 14.0 Å². The Balaban J connectivity index is 2.14. The van der Waals surface area contributed by atoms with Crippen molar-refractivity contribution in [2.24, 2.45) is 7.05 Å². The van der Waals surface area contributed by atoms with Crippen LogP contribution in [0, 0.1) is 0 Å². The number of aromatic nitrogens is 2. The minimum atomic E-state index is 0.515. The van der Waals surface area contributed by atoms with Crippen molar-refractivity contribution in [3.63, 3.8) is 0 Å². The highest BCUT2D eigenvalue weighted by Crippen LogP contribution is 2.28. The van der Waals surface area contributed by atoms with Crippen LogP contribution in [0.5, 0.6) is 5.75 Å². The number of hydrogen-bond donors (Lipinski definition) is 0. The topological polar surface area (TPSA) is 36.3 Å². The molecule has 0 bridgehead atoms. The lowest BCUT2D eigenvalue weighted by Gasteiger charge is -2.10. The predicted octanol–water partition coefficient (Wildman–Crippen LogP) is 3.40. The van der Waals surface area contributed by atoms with E-state index in [1.54, 1.807) is 14.2 Å². The van der Waals surface area contributed by atoms with E-state index in [2.05, 4.69) is 16.7 Å². The second-order valence-electron chi connectivity index (χ2n) is 4.94. The molecule has 108 valence electrons. The highest BCUT2D eigenvalue weighted by molar-refractivity contribution is 5.80. The molecule has 0 unspecified atom stereocenters. The van der Waals surface area contributed by atoms with E-state index in [1.165, 1.54) is 0 Å². The van der Waals surface area contributed by atoms with Crippen LogP contribution in [0.2, 0.25) is 0 Å². The molecule has 0 atom stereocenters. The number of aryl methyl sites for hydroxylation is 1. The molecular weight excluding hydrogens is 264 g/mol. The van der Waals surface area contributed by atoms with Crippen molar-refractivity contribution >= 4 is 11.0 Å². The molecule has 0 aliphatic heterocycles. The Morgan fingerprint density at radius 1 is 1.10 bits per heavy atom. The monoisotopic (exact) mass is 282 g/mol. The zero-order valence-electron chi connectivity index (χ0n) is 12.5. The summed E-state index contributed by atoms with van der Waals surface area (Å²) in [6.07, 6.45) is 0. The number of rotatable bonds is 4. The van der Waals surface area contributed by atoms with E-state index in [4.69, 9.17) is 14.5 Å². The van der Waals surface area contributed by atoms with Crippen molar-refractivity contribution in [3.8, 4) is 17.1 Å². The molecule has 3 aromatic rings. The summed E-state index contributed by atoms with van der Waals surface area (Å²) in [5, 5.41) is 0. The molecule has 0 N–H and O–H groups in total. The quantitative estimate of drug-likeness (QED) is 0.736. The maximum absolute atomic E-state index is 5.37. The summed E-state index contributed by atoms with van der Waals surface area (Å²) in [6.45, 7) is 0.515. The number of fused-ring (bicyclic) bond motifs is 1. The van der Waals surface area contributed by atoms with Gasteiger partial charge in [0.25, 0.3) is 0 Å². The lowest BCUT2D eigenvalue weighted by molar-refractivity contribution is 0.181. The molecule has 0 spiro atoms. The Labute approximate surface area is 123 Å². The summed E-state index contributed by atoms with van der Waals surface area (Å²) in [7, 11) is 5.38. The van der Waals surface area contributed by atoms with Crippen LogP contribution in [-0.4, -0.2) is 23.8 Å². The van der Waals surface area contributed by atoms with Gasteiger partial charge in [-0.25, -0.2) is 4.98 Å². The number of nitrogens with zero attached hydrogens (tertiary/aromatic N) is 2. The van der Waals surface area contributed by atoms with E-state index < -0.39 is 0 Å². The second kappa shape index (κ2) is 5.58. The average Bonchev–Trinajstić information content (AvgIpc) is 2.85. The Kier molecular flexibility index (Phi) is 3.62. The molecule has 0 saturated heterocycles. The molecule has 2 aromatic carbocycles. The molecule has 0 radical (unpaired) electrons. The Hall–Kier alpha value is -2.33. The third-order valence-corrected chi connectivity index (χ3v) is 3.63. The highest BCUT2D eigenvalue weighted by atomic mass is 16.5. The molecule has 4 heteroatoms. The zero-order chi connectivity index (χ0) is 14.8. The predicted molar refractivity (Wildman–Crippen MR) is 83.4 cm³/mol. The zero-order valence-corrected chi connectivity index (χ0v) is 12.5. The summed E-state index contributed by atoms with van der Waals surface area (Å²) >= 11 is 0. The van der Waals surface area contributed by atoms with Gasteiger partial charge in [-0.3, -0.25) is 0 Å². The molecule has 4 nitrogen and oxygen atoms in total. The van der Waals surface area contributed by atoms with E-state index in [9.17, 15) is 0 Å². The Morgan fingerprint density at radius 2 is 1.90 bits per heavy atom. The van der Waals surface area contributed by atoms with E-state index in [-0.39, 0.29) is 0 Å². The number of ether oxygens (including phenoxy) is 2. The first kappa shape index (κ1) is 13.6. The van der Waals surface area contributed by atoms with Crippen LogP contribution < -0.4 is 4.74 Å². The van der Waals surface area contributed by atoms with Crippen LogP contribution in [0.25, 0.3) is 22.4 Å². The Morgan fingerprint density at radius 3 is 2.62 bits per heavy atom. The van der Waals surface area contributed by atoms with E-state index in [0.29, 0.717) is 6.61 Å². The molecular formula is C17H18N2O2. The van der Waals surface area contributed by atoms with E-state index in [0.717, 1.165) is 33.7 Å². The van der Waals surface area contributed by atoms with Crippen molar-refractivity contribution in [2.45, 2.75) is 6.61 Å². The second-order valence-corrected chi connectivity index (χ2v) is 4.94. The molecule has 1 heterocycles. The van der Waals surface area contributed by atoms with Gasteiger partial charge in [-0.15, -0.1) is 0 Å². The Bertz CT molecular complexity index is 778. The summed E-state index contributed by atoms with van der Waals surface area (Å²) < 4.78 is 12.7. The van der Waals surface area contributed by atoms with Crippen LogP contribution in [0.15, 0.2) is 42.5 Å². The van der Waals surface area contributed by atoms with Crippen molar-refractivity contribution in [2.75, 3.05) is 14.2 Å². The summed E-state index contributed by atoms with van der Waals surface area (Å²) in [6, 6.07) is 14.2. The van der Waals surface area contributed by atoms with Crippen molar-refractivity contribution in [1.82, 2.24) is 9.55 Å². The van der Waals surface area contributed by atoms with Crippen molar-refractivity contribution in [1.29, 1.82) is 0 Å². The van der Waals surface area contributed by atoms with Crippen LogP contribution in [-0.2, 0) is 18.4 Å². The van der Waals surface area contributed by atoms with E-state index in [1.807, 2.05) is 37.4 Å². The maximum Gasteiger partial charge on any atom is 0.140 e. The number of benzene rings is 2. The first-order chi connectivity index (χ1) is 10.2. The van der Waals surface area contributed by atoms with Gasteiger partial charge in [0.15, 0.2) is 0 Å². The third kappa shape index (κ3) is 2.38. The number of imidazole rings is 1. The average molecular weight is 282 g/mol. The van der Waals surface area contributed by atoms with Crippen molar-refractivity contribution < 1.29 is 9.47 Å². The fraction of sp³-hybridized carbons (Fsp3) is 0.235. The molecule has 0 fully saturated rings. The summed E-state index contributed by atoms with van der Waals surface area (Å²) in [5.74, 6) is 1.77. The van der Waals surface area contributed by atoms with Gasteiger partial charge >= 0.3 is 0 Å². The molecule has 1 aromatic heterocycles. The van der Waals surface area contributed by atoms with Gasteiger partial charge in [-0.05, 0) is 30.3 Å². The first-order valence-corrected chi connectivity index (χ1v) is 6.82. The molecule has 0 amide bonds. The van der Waals surface area contributed by atoms with Crippen LogP contribution >= 0.6 is 0 Å². The maximum atomic E-state index is 5.37. The van der Waals surface area contributed by atoms with Gasteiger partial charge in [0.2, 0.25) is 0 Å². The first-order valence-electron chi connectivity index (χ1n) is 6.82. The minimum Gasteiger partial charge on any atom is -0.496 e. The highest BCUT2D eigenvalue weighted by Gasteiger charge is 2.12. The van der Waals surface area contributed by atoms with Crippen molar-refractivity contribution in [3.05, 3.63) is 48.0 Å². The molecule has 0 aliphatic rings. The van der Waals surface area contributed by atoms with Gasteiger partial charge in [-0.2, -0.15) is 0 Å².